The van der Waals surface area contributed by atoms with Crippen LogP contribution in [-0.2, 0) is 9.59 Å². The van der Waals surface area contributed by atoms with Gasteiger partial charge in [0.2, 0.25) is 0 Å². The highest BCUT2D eigenvalue weighted by molar-refractivity contribution is 5.75. The van der Waals surface area contributed by atoms with E-state index in [0.717, 1.165) is 0 Å². The predicted molar refractivity (Wildman–Crippen MR) is 72.6 cm³/mol. The minimum Gasteiger partial charge on any atom is -0.493 e. The van der Waals surface area contributed by atoms with Gasteiger partial charge in [0.1, 0.15) is 0 Å². The van der Waals surface area contributed by atoms with Crippen LogP contribution in [0.3, 0.4) is 0 Å². The van der Waals surface area contributed by atoms with Gasteiger partial charge in [0.25, 0.3) is 0 Å². The first-order chi connectivity index (χ1) is 9.35. The summed E-state index contributed by atoms with van der Waals surface area (Å²) in [4.78, 5) is 22.2. The van der Waals surface area contributed by atoms with E-state index in [9.17, 15) is 9.59 Å². The van der Waals surface area contributed by atoms with Gasteiger partial charge in [-0.3, -0.25) is 9.59 Å². The molecule has 0 saturated carbocycles. The Morgan fingerprint density at radius 3 is 2.45 bits per heavy atom. The Balaban J connectivity index is 2.95. The lowest BCUT2D eigenvalue weighted by Gasteiger charge is -2.14. The number of esters is 1. The molecule has 6 nitrogen and oxygen atoms in total. The molecule has 0 heterocycles. The van der Waals surface area contributed by atoms with Crippen LogP contribution in [0.4, 0.5) is 0 Å². The standard InChI is InChI=1S/C14H19NO5/c1-8(2)14(18)20-11-5-4-9(6-12(11)19-3)10(15)7-13(16)17/h4-6,8,10H,7,15H2,1-3H3,(H,16,17). The number of carboxylic acid groups (broad SMARTS) is 1. The van der Waals surface area contributed by atoms with E-state index in [1.54, 1.807) is 32.0 Å². The lowest BCUT2D eigenvalue weighted by molar-refractivity contribution is -0.138. The van der Waals surface area contributed by atoms with Crippen molar-refractivity contribution in [3.8, 4) is 11.5 Å². The molecule has 0 aliphatic rings. The van der Waals surface area contributed by atoms with E-state index in [-0.39, 0.29) is 24.1 Å². The van der Waals surface area contributed by atoms with E-state index in [1.807, 2.05) is 0 Å². The van der Waals surface area contributed by atoms with Crippen molar-refractivity contribution in [2.75, 3.05) is 7.11 Å². The average molecular weight is 281 g/mol. The molecule has 0 spiro atoms. The highest BCUT2D eigenvalue weighted by Gasteiger charge is 2.16. The lowest BCUT2D eigenvalue weighted by Crippen LogP contribution is -2.17. The Kier molecular flexibility index (Phi) is 5.52. The first-order valence-corrected chi connectivity index (χ1v) is 6.22. The van der Waals surface area contributed by atoms with Gasteiger partial charge in [-0.25, -0.2) is 0 Å². The molecular weight excluding hydrogens is 262 g/mol. The third kappa shape index (κ3) is 4.24. The van der Waals surface area contributed by atoms with Gasteiger partial charge in [-0.1, -0.05) is 19.9 Å². The monoisotopic (exact) mass is 281 g/mol. The molecule has 0 radical (unpaired) electrons. The highest BCUT2D eigenvalue weighted by atomic mass is 16.6. The molecule has 110 valence electrons. The lowest BCUT2D eigenvalue weighted by atomic mass is 10.0. The zero-order valence-corrected chi connectivity index (χ0v) is 11.8. The molecule has 1 rings (SSSR count). The fraction of sp³-hybridized carbons (Fsp3) is 0.429. The second kappa shape index (κ2) is 6.91. The summed E-state index contributed by atoms with van der Waals surface area (Å²) in [6.07, 6.45) is -0.186. The number of hydrogen-bond acceptors (Lipinski definition) is 5. The van der Waals surface area contributed by atoms with E-state index >= 15 is 0 Å². The Morgan fingerprint density at radius 2 is 1.95 bits per heavy atom. The van der Waals surface area contributed by atoms with Crippen molar-refractivity contribution < 1.29 is 24.2 Å². The number of methoxy groups -OCH3 is 1. The molecule has 1 unspecified atom stereocenters. The molecule has 0 aliphatic heterocycles. The Bertz CT molecular complexity index is 498. The third-order valence-corrected chi connectivity index (χ3v) is 2.69. The van der Waals surface area contributed by atoms with Crippen LogP contribution < -0.4 is 15.2 Å². The quantitative estimate of drug-likeness (QED) is 0.608. The maximum atomic E-state index is 11.6. The predicted octanol–water partition coefficient (Wildman–Crippen LogP) is 1.73. The summed E-state index contributed by atoms with van der Waals surface area (Å²) >= 11 is 0. The molecule has 3 N–H and O–H groups in total. The Hall–Kier alpha value is -2.08. The van der Waals surface area contributed by atoms with Crippen LogP contribution in [0, 0.1) is 5.92 Å². The van der Waals surface area contributed by atoms with Crippen LogP contribution in [0.25, 0.3) is 0 Å². The molecule has 0 saturated heterocycles. The average Bonchev–Trinajstić information content (AvgIpc) is 2.37. The van der Waals surface area contributed by atoms with Crippen LogP contribution in [0.5, 0.6) is 11.5 Å². The highest BCUT2D eigenvalue weighted by Crippen LogP contribution is 2.31. The summed E-state index contributed by atoms with van der Waals surface area (Å²) in [5, 5.41) is 8.73. The first-order valence-electron chi connectivity index (χ1n) is 6.22. The zero-order valence-electron chi connectivity index (χ0n) is 11.8. The van der Waals surface area contributed by atoms with E-state index in [1.165, 1.54) is 7.11 Å². The van der Waals surface area contributed by atoms with Gasteiger partial charge in [0.05, 0.1) is 19.4 Å². The van der Waals surface area contributed by atoms with Crippen LogP contribution in [0.2, 0.25) is 0 Å². The topological polar surface area (TPSA) is 98.8 Å². The largest absolute Gasteiger partial charge is 0.493 e. The molecule has 0 aromatic heterocycles. The normalized spacial score (nSPS) is 12.1. The fourth-order valence-corrected chi connectivity index (χ4v) is 1.53. The number of hydrogen-bond donors (Lipinski definition) is 2. The maximum Gasteiger partial charge on any atom is 0.313 e. The van der Waals surface area contributed by atoms with Gasteiger partial charge >= 0.3 is 11.9 Å². The van der Waals surface area contributed by atoms with Gasteiger partial charge in [-0.2, -0.15) is 0 Å². The number of benzene rings is 1. The summed E-state index contributed by atoms with van der Waals surface area (Å²) in [7, 11) is 1.44. The van der Waals surface area contributed by atoms with E-state index < -0.39 is 12.0 Å². The number of nitrogens with two attached hydrogens (primary N) is 1. The van der Waals surface area contributed by atoms with Crippen LogP contribution in [0.15, 0.2) is 18.2 Å². The number of ether oxygens (including phenoxy) is 2. The number of carbonyl (C=O) groups is 2. The van der Waals surface area contributed by atoms with Crippen molar-refractivity contribution in [2.45, 2.75) is 26.3 Å². The smallest absolute Gasteiger partial charge is 0.313 e. The molecular formula is C14H19NO5. The molecule has 0 aliphatic carbocycles. The number of carboxylic acids is 1. The van der Waals surface area contributed by atoms with Crippen LogP contribution >= 0.6 is 0 Å². The second-order valence-corrected chi connectivity index (χ2v) is 4.69. The second-order valence-electron chi connectivity index (χ2n) is 4.69. The molecule has 1 atom stereocenters. The summed E-state index contributed by atoms with van der Waals surface area (Å²) < 4.78 is 10.3. The van der Waals surface area contributed by atoms with Crippen LogP contribution in [-0.4, -0.2) is 24.2 Å². The van der Waals surface area contributed by atoms with Crippen molar-refractivity contribution in [1.82, 2.24) is 0 Å². The molecule has 0 fully saturated rings. The molecule has 1 aromatic carbocycles. The molecule has 20 heavy (non-hydrogen) atoms. The molecule has 0 bridgehead atoms. The summed E-state index contributed by atoms with van der Waals surface area (Å²) in [6, 6.07) is 4.11. The first kappa shape index (κ1) is 16.0. The molecule has 6 heteroatoms. The van der Waals surface area contributed by atoms with Crippen molar-refractivity contribution in [3.63, 3.8) is 0 Å². The number of rotatable bonds is 6. The van der Waals surface area contributed by atoms with Crippen molar-refractivity contribution in [3.05, 3.63) is 23.8 Å². The van der Waals surface area contributed by atoms with E-state index in [4.69, 9.17) is 20.3 Å². The van der Waals surface area contributed by atoms with Crippen molar-refractivity contribution >= 4 is 11.9 Å². The number of carbonyl (C=O) groups excluding carboxylic acids is 1. The van der Waals surface area contributed by atoms with E-state index in [0.29, 0.717) is 11.3 Å². The van der Waals surface area contributed by atoms with Gasteiger partial charge in [-0.05, 0) is 17.7 Å². The molecule has 1 aromatic rings. The fourth-order valence-electron chi connectivity index (χ4n) is 1.53. The van der Waals surface area contributed by atoms with Gasteiger partial charge < -0.3 is 20.3 Å². The Labute approximate surface area is 117 Å². The minimum absolute atomic E-state index is 0.186. The molecule has 0 amide bonds. The van der Waals surface area contributed by atoms with Gasteiger partial charge in [-0.15, -0.1) is 0 Å². The maximum absolute atomic E-state index is 11.6. The van der Waals surface area contributed by atoms with Crippen LogP contribution in [0.1, 0.15) is 31.9 Å². The SMILES string of the molecule is COc1cc(C(N)CC(=O)O)ccc1OC(=O)C(C)C. The zero-order chi connectivity index (χ0) is 15.3. The number of aliphatic carboxylic acids is 1. The summed E-state index contributed by atoms with van der Waals surface area (Å²) in [5.41, 5.74) is 6.38. The van der Waals surface area contributed by atoms with Gasteiger partial charge in [0, 0.05) is 6.04 Å². The Morgan fingerprint density at radius 1 is 1.30 bits per heavy atom. The van der Waals surface area contributed by atoms with Gasteiger partial charge in [0.15, 0.2) is 11.5 Å². The van der Waals surface area contributed by atoms with E-state index in [2.05, 4.69) is 0 Å². The summed E-state index contributed by atoms with van der Waals surface area (Å²) in [6.45, 7) is 3.46. The summed E-state index contributed by atoms with van der Waals surface area (Å²) in [5.74, 6) is -0.971. The minimum atomic E-state index is -0.980. The third-order valence-electron chi connectivity index (χ3n) is 2.69. The van der Waals surface area contributed by atoms with Crippen molar-refractivity contribution in [2.24, 2.45) is 11.7 Å². The van der Waals surface area contributed by atoms with Crippen molar-refractivity contribution in [1.29, 1.82) is 0 Å².